The largest absolute Gasteiger partial charge is 0.486 e. The number of nitrogens with zero attached hydrogens (tertiary/aromatic N) is 2. The fourth-order valence-electron chi connectivity index (χ4n) is 2.09. The number of ether oxygens (including phenoxy) is 1. The number of aromatic amines is 1. The molecule has 0 unspecified atom stereocenters. The molecule has 0 saturated heterocycles. The zero-order chi connectivity index (χ0) is 19.2. The summed E-state index contributed by atoms with van der Waals surface area (Å²) in [6.45, 7) is 2.30. The van der Waals surface area contributed by atoms with Crippen LogP contribution in [0.4, 0.5) is 5.69 Å². The van der Waals surface area contributed by atoms with Crippen molar-refractivity contribution in [1.29, 1.82) is 0 Å². The maximum Gasteiger partial charge on any atom is 0.234 e. The first-order chi connectivity index (χ1) is 13.0. The average Bonchev–Trinajstić information content (AvgIpc) is 3.11. The number of carbonyl (C=O) groups excluding carboxylic acids is 1. The minimum atomic E-state index is -0.166. The molecule has 6 nitrogen and oxygen atoms in total. The Morgan fingerprint density at radius 3 is 2.81 bits per heavy atom. The van der Waals surface area contributed by atoms with Crippen LogP contribution in [0.25, 0.3) is 0 Å². The van der Waals surface area contributed by atoms with Gasteiger partial charge >= 0.3 is 0 Å². The topological polar surface area (TPSA) is 79.9 Å². The van der Waals surface area contributed by atoms with Crippen molar-refractivity contribution in [2.45, 2.75) is 18.7 Å². The summed E-state index contributed by atoms with van der Waals surface area (Å²) in [6, 6.07) is 13.0. The highest BCUT2D eigenvalue weighted by molar-refractivity contribution is 9.10. The van der Waals surface area contributed by atoms with Gasteiger partial charge in [0.2, 0.25) is 11.1 Å². The van der Waals surface area contributed by atoms with Crippen LogP contribution in [0.3, 0.4) is 0 Å². The van der Waals surface area contributed by atoms with Crippen molar-refractivity contribution in [2.24, 2.45) is 0 Å². The maximum absolute atomic E-state index is 12.0. The third kappa shape index (κ3) is 5.98. The Bertz CT molecular complexity index is 933. The van der Waals surface area contributed by atoms with E-state index in [0.29, 0.717) is 21.7 Å². The van der Waals surface area contributed by atoms with Gasteiger partial charge in [-0.2, -0.15) is 0 Å². The van der Waals surface area contributed by atoms with E-state index in [1.807, 2.05) is 31.2 Å². The molecule has 0 radical (unpaired) electrons. The van der Waals surface area contributed by atoms with E-state index in [4.69, 9.17) is 16.3 Å². The molecular formula is C18H16BrClN4O2S. The molecule has 0 atom stereocenters. The number of rotatable bonds is 7. The number of aromatic nitrogens is 3. The van der Waals surface area contributed by atoms with E-state index in [2.05, 4.69) is 36.4 Å². The number of aryl methyl sites for hydroxylation is 1. The van der Waals surface area contributed by atoms with Crippen LogP contribution in [0.15, 0.2) is 52.1 Å². The first-order valence-electron chi connectivity index (χ1n) is 7.98. The van der Waals surface area contributed by atoms with E-state index in [-0.39, 0.29) is 18.3 Å². The zero-order valence-electron chi connectivity index (χ0n) is 14.3. The lowest BCUT2D eigenvalue weighted by atomic mass is 10.2. The van der Waals surface area contributed by atoms with E-state index in [1.165, 1.54) is 17.3 Å². The van der Waals surface area contributed by atoms with Crippen molar-refractivity contribution < 1.29 is 9.53 Å². The molecule has 2 aromatic carbocycles. The van der Waals surface area contributed by atoms with Gasteiger partial charge in [-0.1, -0.05) is 41.1 Å². The number of halogens is 2. The van der Waals surface area contributed by atoms with Gasteiger partial charge in [-0.3, -0.25) is 9.89 Å². The number of thioether (sulfide) groups is 1. The molecule has 2 N–H and O–H groups in total. The minimum Gasteiger partial charge on any atom is -0.486 e. The zero-order valence-corrected chi connectivity index (χ0v) is 17.5. The number of benzene rings is 2. The molecule has 0 aliphatic rings. The van der Waals surface area contributed by atoms with Crippen molar-refractivity contribution in [3.05, 3.63) is 63.3 Å². The van der Waals surface area contributed by atoms with E-state index in [1.54, 1.807) is 18.2 Å². The molecule has 1 heterocycles. The third-order valence-corrected chi connectivity index (χ3v) is 5.52. The normalized spacial score (nSPS) is 10.6. The lowest BCUT2D eigenvalue weighted by molar-refractivity contribution is -0.113. The molecule has 0 aliphatic heterocycles. The number of nitrogens with one attached hydrogen (secondary N) is 2. The van der Waals surface area contributed by atoms with Crippen molar-refractivity contribution in [1.82, 2.24) is 15.2 Å². The summed E-state index contributed by atoms with van der Waals surface area (Å²) < 4.78 is 6.42. The molecule has 0 spiro atoms. The van der Waals surface area contributed by atoms with Gasteiger partial charge in [0, 0.05) is 10.2 Å². The lowest BCUT2D eigenvalue weighted by Crippen LogP contribution is -2.14. The van der Waals surface area contributed by atoms with Crippen LogP contribution in [0.2, 0.25) is 5.02 Å². The van der Waals surface area contributed by atoms with Gasteiger partial charge in [-0.15, -0.1) is 5.10 Å². The smallest absolute Gasteiger partial charge is 0.234 e. The van der Waals surface area contributed by atoms with Crippen molar-refractivity contribution in [2.75, 3.05) is 11.1 Å². The standard InChI is InChI=1S/C18H16BrClN4O2S/c1-11-2-5-13(6-3-11)26-9-16-22-18(24-23-16)27-10-17(25)21-12-4-7-14(19)15(20)8-12/h2-8H,9-10H2,1H3,(H,21,25)(H,22,23,24). The van der Waals surface area contributed by atoms with Gasteiger partial charge in [0.25, 0.3) is 0 Å². The summed E-state index contributed by atoms with van der Waals surface area (Å²) in [5.74, 6) is 1.38. The highest BCUT2D eigenvalue weighted by Gasteiger charge is 2.09. The molecule has 0 saturated carbocycles. The van der Waals surface area contributed by atoms with Crippen molar-refractivity contribution >= 4 is 50.9 Å². The highest BCUT2D eigenvalue weighted by atomic mass is 79.9. The molecule has 27 heavy (non-hydrogen) atoms. The molecule has 3 rings (SSSR count). The Morgan fingerprint density at radius 2 is 2.07 bits per heavy atom. The van der Waals surface area contributed by atoms with Crippen LogP contribution in [-0.4, -0.2) is 26.8 Å². The summed E-state index contributed by atoms with van der Waals surface area (Å²) in [5, 5.41) is 10.7. The molecule has 0 fully saturated rings. The number of amides is 1. The van der Waals surface area contributed by atoms with E-state index in [0.717, 1.165) is 10.2 Å². The number of hydrogen-bond acceptors (Lipinski definition) is 5. The predicted molar refractivity (Wildman–Crippen MR) is 110 cm³/mol. The van der Waals surface area contributed by atoms with Gasteiger partial charge in [-0.05, 0) is 53.2 Å². The first kappa shape index (κ1) is 19.7. The molecule has 0 aliphatic carbocycles. The second-order valence-electron chi connectivity index (χ2n) is 5.63. The molecule has 0 bridgehead atoms. The van der Waals surface area contributed by atoms with Crippen LogP contribution in [-0.2, 0) is 11.4 Å². The first-order valence-corrected chi connectivity index (χ1v) is 10.1. The van der Waals surface area contributed by atoms with Gasteiger partial charge in [0.1, 0.15) is 12.4 Å². The number of H-pyrrole nitrogens is 1. The summed E-state index contributed by atoms with van der Waals surface area (Å²) in [6.07, 6.45) is 0. The Kier molecular flexibility index (Phi) is 6.76. The van der Waals surface area contributed by atoms with Crippen LogP contribution >= 0.6 is 39.3 Å². The summed E-state index contributed by atoms with van der Waals surface area (Å²) in [7, 11) is 0. The number of hydrogen-bond donors (Lipinski definition) is 2. The summed E-state index contributed by atoms with van der Waals surface area (Å²) >= 11 is 10.6. The van der Waals surface area contributed by atoms with Crippen molar-refractivity contribution in [3.63, 3.8) is 0 Å². The minimum absolute atomic E-state index is 0.166. The lowest BCUT2D eigenvalue weighted by Gasteiger charge is -2.05. The molecule has 9 heteroatoms. The fourth-order valence-corrected chi connectivity index (χ4v) is 3.14. The van der Waals surface area contributed by atoms with E-state index >= 15 is 0 Å². The van der Waals surface area contributed by atoms with Gasteiger partial charge in [-0.25, -0.2) is 4.98 Å². The summed E-state index contributed by atoms with van der Waals surface area (Å²) in [5.41, 5.74) is 1.81. The molecule has 1 aromatic heterocycles. The maximum atomic E-state index is 12.0. The average molecular weight is 468 g/mol. The van der Waals surface area contributed by atoms with Gasteiger partial charge in [0.15, 0.2) is 5.82 Å². The van der Waals surface area contributed by atoms with Crippen LogP contribution in [0, 0.1) is 6.92 Å². The van der Waals surface area contributed by atoms with Crippen LogP contribution in [0.1, 0.15) is 11.4 Å². The number of anilines is 1. The Balaban J connectivity index is 1.46. The molecular weight excluding hydrogens is 452 g/mol. The molecule has 1 amide bonds. The van der Waals surface area contributed by atoms with E-state index in [9.17, 15) is 4.79 Å². The SMILES string of the molecule is Cc1ccc(OCc2nc(SCC(=O)Nc3ccc(Br)c(Cl)c3)n[nH]2)cc1. The second kappa shape index (κ2) is 9.25. The second-order valence-corrected chi connectivity index (χ2v) is 7.84. The van der Waals surface area contributed by atoms with Gasteiger partial charge in [0.05, 0.1) is 10.8 Å². The summed E-state index contributed by atoms with van der Waals surface area (Å²) in [4.78, 5) is 16.4. The highest BCUT2D eigenvalue weighted by Crippen LogP contribution is 2.25. The van der Waals surface area contributed by atoms with Crippen LogP contribution in [0.5, 0.6) is 5.75 Å². The monoisotopic (exact) mass is 466 g/mol. The molecule has 3 aromatic rings. The quantitative estimate of drug-likeness (QED) is 0.486. The number of carbonyl (C=O) groups is 1. The fraction of sp³-hybridized carbons (Fsp3) is 0.167. The van der Waals surface area contributed by atoms with E-state index < -0.39 is 0 Å². The van der Waals surface area contributed by atoms with Gasteiger partial charge < -0.3 is 10.1 Å². The third-order valence-electron chi connectivity index (χ3n) is 3.44. The predicted octanol–water partition coefficient (Wildman–Crippen LogP) is 4.84. The Hall–Kier alpha value is -2.03. The molecule has 140 valence electrons. The van der Waals surface area contributed by atoms with Crippen molar-refractivity contribution in [3.8, 4) is 5.75 Å². The van der Waals surface area contributed by atoms with Crippen LogP contribution < -0.4 is 10.1 Å². The Morgan fingerprint density at radius 1 is 1.30 bits per heavy atom. The Labute approximate surface area is 174 Å².